The van der Waals surface area contributed by atoms with Crippen LogP contribution in [0.5, 0.6) is 11.5 Å². The minimum absolute atomic E-state index is 0.209. The van der Waals surface area contributed by atoms with E-state index in [2.05, 4.69) is 4.98 Å². The SMILES string of the molecule is COc1ccc(COc2c3c(c(N(C)S(C)(=O)=O)c4cccnc24)CN(Cc2cccs2)C3=O)cc1. The Hall–Kier alpha value is -3.63. The minimum Gasteiger partial charge on any atom is -0.497 e. The van der Waals surface area contributed by atoms with Gasteiger partial charge in [-0.25, -0.2) is 8.42 Å². The van der Waals surface area contributed by atoms with Gasteiger partial charge in [-0.1, -0.05) is 18.2 Å². The minimum atomic E-state index is -3.60. The summed E-state index contributed by atoms with van der Waals surface area (Å²) in [7, 11) is -0.495. The van der Waals surface area contributed by atoms with Crippen molar-refractivity contribution in [3.8, 4) is 11.5 Å². The molecule has 0 N–H and O–H groups in total. The Kier molecular flexibility index (Phi) is 6.31. The number of thiophene rings is 1. The molecule has 0 fully saturated rings. The standard InChI is InChI=1S/C26H25N3O5S2/c1-28(36(3,31)32)24-20-7-4-12-27-23(20)25(34-16-17-8-10-18(33-2)11-9-17)22-21(24)15-29(26(22)30)14-19-6-5-13-35-19/h4-13H,14-16H2,1-3H3. The number of ether oxygens (including phenoxy) is 2. The molecule has 0 saturated carbocycles. The van der Waals surface area contributed by atoms with Crippen LogP contribution in [0.15, 0.2) is 60.1 Å². The summed E-state index contributed by atoms with van der Waals surface area (Å²) in [4.78, 5) is 21.0. The Morgan fingerprint density at radius 3 is 2.58 bits per heavy atom. The summed E-state index contributed by atoms with van der Waals surface area (Å²) in [5.74, 6) is 0.888. The summed E-state index contributed by atoms with van der Waals surface area (Å²) in [5, 5.41) is 2.58. The topological polar surface area (TPSA) is 89.0 Å². The predicted molar refractivity (Wildman–Crippen MR) is 140 cm³/mol. The van der Waals surface area contributed by atoms with Gasteiger partial charge in [0.05, 0.1) is 31.2 Å². The average Bonchev–Trinajstić information content (AvgIpc) is 3.49. The summed E-state index contributed by atoms with van der Waals surface area (Å²) in [6, 6.07) is 15.0. The first-order chi connectivity index (χ1) is 17.3. The van der Waals surface area contributed by atoms with E-state index in [9.17, 15) is 13.2 Å². The van der Waals surface area contributed by atoms with Crippen LogP contribution in [0.25, 0.3) is 10.9 Å². The third-order valence-corrected chi connectivity index (χ3v) is 8.26. The van der Waals surface area contributed by atoms with Gasteiger partial charge in [0.2, 0.25) is 10.0 Å². The molecule has 2 aromatic heterocycles. The fourth-order valence-electron chi connectivity index (χ4n) is 4.38. The monoisotopic (exact) mass is 523 g/mol. The number of carbonyl (C=O) groups excluding carboxylic acids is 1. The lowest BCUT2D eigenvalue weighted by molar-refractivity contribution is 0.0765. The van der Waals surface area contributed by atoms with Crippen molar-refractivity contribution in [1.82, 2.24) is 9.88 Å². The molecule has 2 aromatic carbocycles. The number of fused-ring (bicyclic) bond motifs is 2. The quantitative estimate of drug-likeness (QED) is 0.339. The molecule has 0 aliphatic carbocycles. The number of aromatic nitrogens is 1. The van der Waals surface area contributed by atoms with Crippen LogP contribution in [0.3, 0.4) is 0 Å². The molecule has 10 heteroatoms. The fourth-order valence-corrected chi connectivity index (χ4v) is 5.64. The van der Waals surface area contributed by atoms with E-state index in [-0.39, 0.29) is 19.1 Å². The number of nitrogens with zero attached hydrogens (tertiary/aromatic N) is 3. The highest BCUT2D eigenvalue weighted by atomic mass is 32.2. The average molecular weight is 524 g/mol. The number of rotatable bonds is 8. The van der Waals surface area contributed by atoms with E-state index in [1.807, 2.05) is 47.8 Å². The van der Waals surface area contributed by atoms with E-state index in [0.29, 0.717) is 40.0 Å². The molecule has 0 bridgehead atoms. The Morgan fingerprint density at radius 1 is 1.14 bits per heavy atom. The summed E-state index contributed by atoms with van der Waals surface area (Å²) in [5.41, 5.74) is 2.77. The molecule has 186 valence electrons. The highest BCUT2D eigenvalue weighted by Crippen LogP contribution is 2.45. The van der Waals surface area contributed by atoms with Gasteiger partial charge < -0.3 is 14.4 Å². The van der Waals surface area contributed by atoms with E-state index < -0.39 is 10.0 Å². The highest BCUT2D eigenvalue weighted by molar-refractivity contribution is 7.92. The zero-order valence-electron chi connectivity index (χ0n) is 20.1. The number of pyridine rings is 1. The Morgan fingerprint density at radius 2 is 1.92 bits per heavy atom. The highest BCUT2D eigenvalue weighted by Gasteiger charge is 2.37. The van der Waals surface area contributed by atoms with E-state index in [1.54, 1.807) is 35.6 Å². The van der Waals surface area contributed by atoms with Crippen LogP contribution in [0, 0.1) is 0 Å². The van der Waals surface area contributed by atoms with Crippen molar-refractivity contribution in [3.05, 3.63) is 81.7 Å². The van der Waals surface area contributed by atoms with Crippen LogP contribution in [-0.4, -0.2) is 44.6 Å². The molecule has 8 nitrogen and oxygen atoms in total. The van der Waals surface area contributed by atoms with Gasteiger partial charge in [0.1, 0.15) is 17.9 Å². The first-order valence-corrected chi connectivity index (χ1v) is 14.0. The van der Waals surface area contributed by atoms with Crippen LogP contribution in [-0.2, 0) is 29.7 Å². The maximum absolute atomic E-state index is 13.7. The van der Waals surface area contributed by atoms with Crippen LogP contribution in [0.1, 0.15) is 26.4 Å². The molecule has 0 unspecified atom stereocenters. The second kappa shape index (κ2) is 9.44. The third kappa shape index (κ3) is 4.38. The normalized spacial score (nSPS) is 13.2. The summed E-state index contributed by atoms with van der Waals surface area (Å²) in [6.45, 7) is 0.904. The summed E-state index contributed by atoms with van der Waals surface area (Å²) < 4.78 is 38.0. The maximum Gasteiger partial charge on any atom is 0.258 e. The number of methoxy groups -OCH3 is 1. The molecule has 1 amide bonds. The molecule has 0 radical (unpaired) electrons. The molecule has 0 atom stereocenters. The number of anilines is 1. The predicted octanol–water partition coefficient (Wildman–Crippen LogP) is 4.44. The van der Waals surface area contributed by atoms with Crippen molar-refractivity contribution in [1.29, 1.82) is 0 Å². The van der Waals surface area contributed by atoms with Gasteiger partial charge in [0.15, 0.2) is 5.75 Å². The first kappa shape index (κ1) is 24.1. The van der Waals surface area contributed by atoms with Crippen molar-refractivity contribution >= 4 is 43.9 Å². The first-order valence-electron chi connectivity index (χ1n) is 11.2. The summed E-state index contributed by atoms with van der Waals surface area (Å²) in [6.07, 6.45) is 2.76. The smallest absolute Gasteiger partial charge is 0.258 e. The number of amides is 1. The molecular weight excluding hydrogens is 498 g/mol. The zero-order valence-corrected chi connectivity index (χ0v) is 21.7. The molecule has 1 aliphatic rings. The summed E-state index contributed by atoms with van der Waals surface area (Å²) >= 11 is 1.57. The third-order valence-electron chi connectivity index (χ3n) is 6.22. The second-order valence-electron chi connectivity index (χ2n) is 8.54. The van der Waals surface area contributed by atoms with E-state index in [1.165, 1.54) is 11.4 Å². The number of benzene rings is 2. The molecule has 1 aliphatic heterocycles. The van der Waals surface area contributed by atoms with Crippen molar-refractivity contribution in [3.63, 3.8) is 0 Å². The number of hydrogen-bond acceptors (Lipinski definition) is 7. The molecule has 0 saturated heterocycles. The van der Waals surface area contributed by atoms with Crippen LogP contribution in [0.2, 0.25) is 0 Å². The van der Waals surface area contributed by atoms with Crippen molar-refractivity contribution in [2.75, 3.05) is 24.7 Å². The lowest BCUT2D eigenvalue weighted by Gasteiger charge is -2.23. The van der Waals surface area contributed by atoms with Crippen molar-refractivity contribution < 1.29 is 22.7 Å². The van der Waals surface area contributed by atoms with Crippen molar-refractivity contribution in [2.45, 2.75) is 19.7 Å². The number of sulfonamides is 1. The zero-order chi connectivity index (χ0) is 25.4. The molecule has 0 spiro atoms. The Balaban J connectivity index is 1.65. The molecular formula is C26H25N3O5S2. The van der Waals surface area contributed by atoms with E-state index in [4.69, 9.17) is 9.47 Å². The second-order valence-corrected chi connectivity index (χ2v) is 11.6. The molecule has 36 heavy (non-hydrogen) atoms. The lowest BCUT2D eigenvalue weighted by atomic mass is 10.0. The van der Waals surface area contributed by atoms with Crippen LogP contribution in [0.4, 0.5) is 5.69 Å². The molecule has 3 heterocycles. The van der Waals surface area contributed by atoms with Crippen LogP contribution >= 0.6 is 11.3 Å². The van der Waals surface area contributed by atoms with E-state index >= 15 is 0 Å². The van der Waals surface area contributed by atoms with Gasteiger partial charge in [-0.3, -0.25) is 14.1 Å². The van der Waals surface area contributed by atoms with Crippen LogP contribution < -0.4 is 13.8 Å². The Labute approximate surface area is 213 Å². The largest absolute Gasteiger partial charge is 0.497 e. The van der Waals surface area contributed by atoms with Gasteiger partial charge in [-0.15, -0.1) is 11.3 Å². The van der Waals surface area contributed by atoms with Gasteiger partial charge in [0.25, 0.3) is 5.91 Å². The van der Waals surface area contributed by atoms with Gasteiger partial charge in [0, 0.05) is 35.6 Å². The molecule has 5 rings (SSSR count). The van der Waals surface area contributed by atoms with Gasteiger partial charge in [-0.05, 0) is 41.3 Å². The number of carbonyl (C=O) groups is 1. The molecule has 4 aromatic rings. The number of hydrogen-bond donors (Lipinski definition) is 0. The van der Waals surface area contributed by atoms with Gasteiger partial charge >= 0.3 is 0 Å². The van der Waals surface area contributed by atoms with E-state index in [0.717, 1.165) is 22.4 Å². The lowest BCUT2D eigenvalue weighted by Crippen LogP contribution is -2.26. The van der Waals surface area contributed by atoms with Gasteiger partial charge in [-0.2, -0.15) is 0 Å². The fraction of sp³-hybridized carbons (Fsp3) is 0.231. The van der Waals surface area contributed by atoms with Crippen molar-refractivity contribution in [2.24, 2.45) is 0 Å². The Bertz CT molecular complexity index is 1530. The maximum atomic E-state index is 13.7.